The molecule has 1 atom stereocenters. The molecule has 1 saturated carbocycles. The lowest BCUT2D eigenvalue weighted by atomic mass is 9.85. The van der Waals surface area contributed by atoms with Crippen molar-refractivity contribution in [1.82, 2.24) is 8.61 Å². The lowest BCUT2D eigenvalue weighted by Crippen LogP contribution is -2.36. The average Bonchev–Trinajstić information content (AvgIpc) is 2.61. The molecule has 154 valence electrons. The Morgan fingerprint density at radius 1 is 1.00 bits per heavy atom. The first-order chi connectivity index (χ1) is 12.5. The number of nitrogens with zero attached hydrogens (tertiary/aromatic N) is 2. The fraction of sp³-hybridized carbons (Fsp3) is 0.667. The SMILES string of the molecule is C[C@@H](CC1CCCCC1)N(C)S(=O)(=O)c1ccc(NS(=O)(=O)N(C)C)cc1. The van der Waals surface area contributed by atoms with Crippen molar-refractivity contribution in [3.8, 4) is 0 Å². The third kappa shape index (κ3) is 5.66. The topological polar surface area (TPSA) is 86.8 Å². The summed E-state index contributed by atoms with van der Waals surface area (Å²) in [7, 11) is -2.78. The van der Waals surface area contributed by atoms with E-state index in [1.54, 1.807) is 7.05 Å². The summed E-state index contributed by atoms with van der Waals surface area (Å²) >= 11 is 0. The Kier molecular flexibility index (Phi) is 7.29. The van der Waals surface area contributed by atoms with E-state index in [-0.39, 0.29) is 10.9 Å². The largest absolute Gasteiger partial charge is 0.301 e. The van der Waals surface area contributed by atoms with Crippen LogP contribution in [0.3, 0.4) is 0 Å². The second kappa shape index (κ2) is 8.89. The molecule has 1 aliphatic carbocycles. The summed E-state index contributed by atoms with van der Waals surface area (Å²) in [4.78, 5) is 0.160. The van der Waals surface area contributed by atoms with Gasteiger partial charge in [-0.2, -0.15) is 17.0 Å². The van der Waals surface area contributed by atoms with Crippen molar-refractivity contribution in [1.29, 1.82) is 0 Å². The van der Waals surface area contributed by atoms with Crippen LogP contribution in [0.4, 0.5) is 5.69 Å². The molecule has 1 aromatic rings. The molecule has 0 heterocycles. The molecule has 7 nitrogen and oxygen atoms in total. The minimum Gasteiger partial charge on any atom is -0.271 e. The maximum atomic E-state index is 12.9. The second-order valence-corrected chi connectivity index (χ2v) is 11.4. The number of rotatable bonds is 8. The van der Waals surface area contributed by atoms with Crippen LogP contribution in [-0.2, 0) is 20.2 Å². The summed E-state index contributed by atoms with van der Waals surface area (Å²) in [6.45, 7) is 1.95. The standard InChI is InChI=1S/C18H31N3O4S2/c1-15(14-16-8-6-5-7-9-16)21(4)26(22,23)18-12-10-17(11-13-18)19-27(24,25)20(2)3/h10-13,15-16,19H,5-9,14H2,1-4H3/t15-/m0/s1. The number of anilines is 1. The molecular weight excluding hydrogens is 386 g/mol. The van der Waals surface area contributed by atoms with E-state index in [4.69, 9.17) is 0 Å². The minimum absolute atomic E-state index is 0.0787. The maximum Gasteiger partial charge on any atom is 0.301 e. The smallest absolute Gasteiger partial charge is 0.271 e. The lowest BCUT2D eigenvalue weighted by Gasteiger charge is -2.29. The quantitative estimate of drug-likeness (QED) is 0.705. The van der Waals surface area contributed by atoms with Crippen molar-refractivity contribution < 1.29 is 16.8 Å². The van der Waals surface area contributed by atoms with Crippen LogP contribution in [0, 0.1) is 5.92 Å². The molecule has 0 bridgehead atoms. The molecule has 27 heavy (non-hydrogen) atoms. The first-order valence-corrected chi connectivity index (χ1v) is 12.2. The fourth-order valence-corrected chi connectivity index (χ4v) is 5.38. The molecule has 0 unspecified atom stereocenters. The van der Waals surface area contributed by atoms with Crippen LogP contribution >= 0.6 is 0 Å². The van der Waals surface area contributed by atoms with Gasteiger partial charge in [-0.25, -0.2) is 8.42 Å². The molecule has 9 heteroatoms. The Hall–Kier alpha value is -1.16. The van der Waals surface area contributed by atoms with Crippen LogP contribution in [0.5, 0.6) is 0 Å². The van der Waals surface area contributed by atoms with Gasteiger partial charge in [0.2, 0.25) is 10.0 Å². The van der Waals surface area contributed by atoms with E-state index in [2.05, 4.69) is 4.72 Å². The zero-order valence-electron chi connectivity index (χ0n) is 16.6. The van der Waals surface area contributed by atoms with Gasteiger partial charge < -0.3 is 0 Å². The van der Waals surface area contributed by atoms with Gasteiger partial charge in [0.05, 0.1) is 4.90 Å². The van der Waals surface area contributed by atoms with Gasteiger partial charge in [0.1, 0.15) is 0 Å². The van der Waals surface area contributed by atoms with Crippen molar-refractivity contribution in [3.63, 3.8) is 0 Å². The minimum atomic E-state index is -3.62. The number of hydrogen-bond acceptors (Lipinski definition) is 4. The van der Waals surface area contributed by atoms with Gasteiger partial charge in [-0.3, -0.25) is 4.72 Å². The second-order valence-electron chi connectivity index (χ2n) is 7.52. The van der Waals surface area contributed by atoms with E-state index in [1.165, 1.54) is 74.8 Å². The highest BCUT2D eigenvalue weighted by molar-refractivity contribution is 7.90. The van der Waals surface area contributed by atoms with E-state index in [0.717, 1.165) is 10.7 Å². The van der Waals surface area contributed by atoms with Crippen molar-refractivity contribution in [2.24, 2.45) is 5.92 Å². The number of nitrogens with one attached hydrogen (secondary N) is 1. The zero-order valence-corrected chi connectivity index (χ0v) is 18.2. The van der Waals surface area contributed by atoms with Gasteiger partial charge in [0.25, 0.3) is 0 Å². The third-order valence-corrected chi connectivity index (χ3v) is 8.72. The molecule has 0 spiro atoms. The predicted octanol–water partition coefficient (Wildman–Crippen LogP) is 2.88. The van der Waals surface area contributed by atoms with Gasteiger partial charge in [-0.05, 0) is 43.5 Å². The molecule has 0 radical (unpaired) electrons. The van der Waals surface area contributed by atoms with E-state index in [0.29, 0.717) is 11.6 Å². The molecule has 1 fully saturated rings. The Morgan fingerprint density at radius 3 is 2.07 bits per heavy atom. The van der Waals surface area contributed by atoms with Gasteiger partial charge in [0, 0.05) is 32.9 Å². The molecule has 0 aliphatic heterocycles. The first kappa shape index (κ1) is 22.1. The first-order valence-electron chi connectivity index (χ1n) is 9.32. The van der Waals surface area contributed by atoms with E-state index in [1.807, 2.05) is 6.92 Å². The predicted molar refractivity (Wildman–Crippen MR) is 108 cm³/mol. The van der Waals surface area contributed by atoms with Crippen molar-refractivity contribution >= 4 is 25.9 Å². The molecule has 1 N–H and O–H groups in total. The van der Waals surface area contributed by atoms with Crippen molar-refractivity contribution in [2.45, 2.75) is 56.4 Å². The Bertz CT molecular complexity index is 815. The van der Waals surface area contributed by atoms with Gasteiger partial charge >= 0.3 is 10.2 Å². The summed E-state index contributed by atoms with van der Waals surface area (Å²) in [6.07, 6.45) is 6.98. The molecule has 1 aliphatic rings. The fourth-order valence-electron chi connectivity index (χ4n) is 3.39. The Balaban J connectivity index is 2.08. The van der Waals surface area contributed by atoms with Crippen molar-refractivity contribution in [3.05, 3.63) is 24.3 Å². The summed E-state index contributed by atoms with van der Waals surface area (Å²) in [6, 6.07) is 5.73. The zero-order chi connectivity index (χ0) is 20.2. The number of hydrogen-bond donors (Lipinski definition) is 1. The van der Waals surface area contributed by atoms with Gasteiger partial charge in [0.15, 0.2) is 0 Å². The summed E-state index contributed by atoms with van der Waals surface area (Å²) < 4.78 is 54.4. The average molecular weight is 418 g/mol. The van der Waals surface area contributed by atoms with E-state index in [9.17, 15) is 16.8 Å². The van der Waals surface area contributed by atoms with Gasteiger partial charge in [-0.15, -0.1) is 0 Å². The summed E-state index contributed by atoms with van der Waals surface area (Å²) in [5.41, 5.74) is 0.320. The summed E-state index contributed by atoms with van der Waals surface area (Å²) in [5, 5.41) is 0. The van der Waals surface area contributed by atoms with Crippen LogP contribution in [0.15, 0.2) is 29.2 Å². The van der Waals surface area contributed by atoms with Crippen LogP contribution in [0.2, 0.25) is 0 Å². The number of benzene rings is 1. The maximum absolute atomic E-state index is 12.9. The lowest BCUT2D eigenvalue weighted by molar-refractivity contribution is 0.267. The highest BCUT2D eigenvalue weighted by Crippen LogP contribution is 2.30. The summed E-state index contributed by atoms with van der Waals surface area (Å²) in [5.74, 6) is 0.592. The van der Waals surface area contributed by atoms with Crippen LogP contribution in [0.1, 0.15) is 45.4 Å². The molecular formula is C18H31N3O4S2. The highest BCUT2D eigenvalue weighted by Gasteiger charge is 2.28. The molecule has 2 rings (SSSR count). The van der Waals surface area contributed by atoms with Gasteiger partial charge in [-0.1, -0.05) is 32.1 Å². The monoisotopic (exact) mass is 417 g/mol. The van der Waals surface area contributed by atoms with Crippen LogP contribution < -0.4 is 4.72 Å². The molecule has 0 aromatic heterocycles. The highest BCUT2D eigenvalue weighted by atomic mass is 32.2. The molecule has 1 aromatic carbocycles. The number of sulfonamides is 1. The third-order valence-electron chi connectivity index (χ3n) is 5.28. The van der Waals surface area contributed by atoms with E-state index < -0.39 is 20.2 Å². The normalized spacial score (nSPS) is 18.0. The van der Waals surface area contributed by atoms with Crippen LogP contribution in [0.25, 0.3) is 0 Å². The van der Waals surface area contributed by atoms with Crippen LogP contribution in [-0.4, -0.2) is 52.6 Å². The van der Waals surface area contributed by atoms with E-state index >= 15 is 0 Å². The van der Waals surface area contributed by atoms with Crippen molar-refractivity contribution in [2.75, 3.05) is 25.9 Å². The molecule has 0 amide bonds. The molecule has 0 saturated heterocycles. The Morgan fingerprint density at radius 2 is 1.56 bits per heavy atom. The Labute approximate surface area is 164 Å².